The molecule has 2 aromatic rings. The second-order valence-electron chi connectivity index (χ2n) is 36.7. The Balaban J connectivity index is 0.000000874. The van der Waals surface area contributed by atoms with Gasteiger partial charge < -0.3 is 5.53 Å². The van der Waals surface area contributed by atoms with Crippen molar-refractivity contribution in [3.8, 4) is 0 Å². The number of hydrogen-bond donors (Lipinski definition) is 0. The average molecular weight is 1650 g/mol. The Bertz CT molecular complexity index is 2500. The van der Waals surface area contributed by atoms with Gasteiger partial charge in [0.05, 0.1) is 0 Å². The number of allylic oxidation sites excluding steroid dienone is 6. The third-order valence-corrected chi connectivity index (χ3v) is 26.1. The van der Waals surface area contributed by atoms with Crippen LogP contribution in [0.3, 0.4) is 0 Å². The van der Waals surface area contributed by atoms with E-state index in [0.717, 1.165) is 61.9 Å². The number of hydrogen-bond acceptors (Lipinski definition) is 0. The summed E-state index contributed by atoms with van der Waals surface area (Å²) in [6, 6.07) is 14.5. The maximum absolute atomic E-state index is 12.7. The Hall–Kier alpha value is -3.03. The van der Waals surface area contributed by atoms with Crippen molar-refractivity contribution in [3.63, 3.8) is 0 Å². The molecular weight excluding hydrogens is 1440 g/mol. The SMILES string of the molecule is CCCCCCCCCCCCCCC=Cc1cc(C=CCCCCCCCCCCCCCC)cc(C2=C(C)C(CCCC)=C(c3cc(CCCCCCCC)cc(CCCCCCCC)c3)[N+]2=[N-])c1.CCCCCCCCCCCCCCCCCCCCC=[CH][Ni][CH]=CCCCCCCCCCCCCCCCCCCCC. The fraction of sp³-hybridized carbons (Fsp3) is 0.788. The minimum Gasteiger partial charge on any atom is -0.0654 e. The zero-order valence-electron chi connectivity index (χ0n) is 79.6. The van der Waals surface area contributed by atoms with Gasteiger partial charge in [-0.25, -0.2) is 4.70 Å². The van der Waals surface area contributed by atoms with Gasteiger partial charge in [-0.1, -0.05) is 406 Å². The van der Waals surface area contributed by atoms with Crippen LogP contribution in [0.1, 0.15) is 596 Å². The normalized spacial score (nSPS) is 12.7. The fourth-order valence-electron chi connectivity index (χ4n) is 17.6. The van der Waals surface area contributed by atoms with E-state index in [0.29, 0.717) is 0 Å². The number of rotatable bonds is 87. The molecule has 0 fully saturated rings. The van der Waals surface area contributed by atoms with Crippen LogP contribution in [0.25, 0.3) is 29.1 Å². The van der Waals surface area contributed by atoms with Gasteiger partial charge in [-0.2, -0.15) is 0 Å². The number of aryl methyl sites for hydroxylation is 2. The van der Waals surface area contributed by atoms with E-state index >= 15 is 0 Å². The molecule has 1 aliphatic rings. The van der Waals surface area contributed by atoms with Gasteiger partial charge in [0.25, 0.3) is 0 Å². The molecule has 1 heterocycles. The molecule has 0 atom stereocenters. The molecule has 0 saturated heterocycles. The van der Waals surface area contributed by atoms with Gasteiger partial charge in [-0.3, -0.25) is 0 Å². The van der Waals surface area contributed by atoms with Gasteiger partial charge in [0.2, 0.25) is 11.4 Å². The summed E-state index contributed by atoms with van der Waals surface area (Å²) in [6.07, 6.45) is 126. The topological polar surface area (TPSA) is 25.3 Å². The first kappa shape index (κ1) is 109. The fourth-order valence-corrected chi connectivity index (χ4v) is 18.3. The Labute approximate surface area is 734 Å². The second-order valence-corrected chi connectivity index (χ2v) is 37.7. The first-order chi connectivity index (χ1) is 57.4. The van der Waals surface area contributed by atoms with E-state index in [1.165, 1.54) is 514 Å². The molecule has 116 heavy (non-hydrogen) atoms. The molecule has 0 amide bonds. The van der Waals surface area contributed by atoms with E-state index < -0.39 is 0 Å². The van der Waals surface area contributed by atoms with Gasteiger partial charge >= 0.3 is 165 Å². The third-order valence-electron chi connectivity index (χ3n) is 25.3. The quantitative estimate of drug-likeness (QED) is 0.0358. The van der Waals surface area contributed by atoms with Crippen molar-refractivity contribution in [3.05, 3.63) is 121 Å². The van der Waals surface area contributed by atoms with Crippen LogP contribution in [0.15, 0.2) is 81.9 Å². The van der Waals surface area contributed by atoms with Crippen molar-refractivity contribution in [2.75, 3.05) is 0 Å². The molecular formula is C113H200N2Ni. The zero-order valence-corrected chi connectivity index (χ0v) is 80.6. The van der Waals surface area contributed by atoms with Crippen LogP contribution in [0.5, 0.6) is 0 Å². The van der Waals surface area contributed by atoms with E-state index in [9.17, 15) is 5.53 Å². The molecule has 2 nitrogen and oxygen atoms in total. The summed E-state index contributed by atoms with van der Waals surface area (Å²) in [7, 11) is 0. The molecule has 0 aromatic heterocycles. The minimum atomic E-state index is 0.969. The summed E-state index contributed by atoms with van der Waals surface area (Å²) in [5.74, 6) is 0. The van der Waals surface area contributed by atoms with E-state index in [-0.39, 0.29) is 0 Å². The van der Waals surface area contributed by atoms with Crippen LogP contribution in [0, 0.1) is 0 Å². The summed E-state index contributed by atoms with van der Waals surface area (Å²) in [4.78, 5) is 0. The van der Waals surface area contributed by atoms with Gasteiger partial charge in [0, 0.05) is 22.3 Å². The van der Waals surface area contributed by atoms with E-state index in [4.69, 9.17) is 0 Å². The van der Waals surface area contributed by atoms with Crippen molar-refractivity contribution < 1.29 is 19.1 Å². The van der Waals surface area contributed by atoms with Gasteiger partial charge in [-0.05, 0) is 124 Å². The summed E-state index contributed by atoms with van der Waals surface area (Å²) < 4.78 is 1.62. The van der Waals surface area contributed by atoms with Crippen LogP contribution in [-0.4, -0.2) is 4.70 Å². The van der Waals surface area contributed by atoms with Crippen LogP contribution in [0.2, 0.25) is 0 Å². The molecule has 3 heteroatoms. The first-order valence-electron chi connectivity index (χ1n) is 52.8. The van der Waals surface area contributed by atoms with Crippen LogP contribution in [-0.2, 0) is 27.3 Å². The van der Waals surface area contributed by atoms with Crippen LogP contribution < -0.4 is 0 Å². The van der Waals surface area contributed by atoms with E-state index in [1.807, 2.05) is 0 Å². The number of nitrogens with zero attached hydrogens (tertiary/aromatic N) is 2. The molecule has 2 aromatic carbocycles. The van der Waals surface area contributed by atoms with Crippen LogP contribution >= 0.6 is 0 Å². The molecule has 0 saturated carbocycles. The predicted molar refractivity (Wildman–Crippen MR) is 524 cm³/mol. The van der Waals surface area contributed by atoms with Gasteiger partial charge in [0.1, 0.15) is 0 Å². The molecule has 672 valence electrons. The molecule has 0 radical (unpaired) electrons. The third kappa shape index (κ3) is 65.7. The van der Waals surface area contributed by atoms with Crippen molar-refractivity contribution in [2.45, 2.75) is 575 Å². The van der Waals surface area contributed by atoms with Crippen molar-refractivity contribution in [2.24, 2.45) is 0 Å². The van der Waals surface area contributed by atoms with Gasteiger partial charge in [0.15, 0.2) is 0 Å². The Morgan fingerprint density at radius 3 is 0.716 bits per heavy atom. The first-order valence-corrected chi connectivity index (χ1v) is 53.9. The minimum absolute atomic E-state index is 0.969. The van der Waals surface area contributed by atoms with E-state index in [2.05, 4.69) is 138 Å². The molecule has 0 spiro atoms. The number of unbranched alkanes of at least 4 members (excludes halogenated alkanes) is 71. The molecule has 0 unspecified atom stereocenters. The Morgan fingerprint density at radius 2 is 0.457 bits per heavy atom. The molecule has 0 N–H and O–H groups in total. The van der Waals surface area contributed by atoms with Crippen molar-refractivity contribution in [1.29, 1.82) is 0 Å². The zero-order chi connectivity index (χ0) is 83.2. The smallest absolute Gasteiger partial charge is 0.0654 e. The summed E-state index contributed by atoms with van der Waals surface area (Å²) in [5.41, 5.74) is 24.9. The predicted octanol–water partition coefficient (Wildman–Crippen LogP) is 41.0. The molecule has 3 rings (SSSR count). The second kappa shape index (κ2) is 86.9. The Kier molecular flexibility index (Phi) is 81.7. The Morgan fingerprint density at radius 1 is 0.233 bits per heavy atom. The van der Waals surface area contributed by atoms with Crippen LogP contribution in [0.4, 0.5) is 0 Å². The van der Waals surface area contributed by atoms with Gasteiger partial charge in [-0.15, -0.1) is 0 Å². The molecule has 0 aliphatic carbocycles. The standard InChI is InChI=1S/C69H114N2.2C22H43.Ni/c1-7-12-17-21-25-27-29-31-33-35-37-39-43-47-49-61-54-62(50-48-44-40-38-36-34-32-30-28-26-22-18-13-8-2)57-65(56-61)68-60(6)67(53-16-11-5)69(71(68)70)66-58-63(51-45-41-23-19-14-9-3)55-64(59-66)52-46-42-24-20-15-10-4;2*1-3-5-7-9-11-13-15-17-19-21-22-20-18-16-14-12-10-8-6-4-2;/h47-50,54-59H,7-46,51-53H2,1-6H3;2*1,3H,4-22H2,2H3;. The average Bonchev–Trinajstić information content (AvgIpc) is 1.61. The van der Waals surface area contributed by atoms with Crippen molar-refractivity contribution >= 4 is 23.5 Å². The summed E-state index contributed by atoms with van der Waals surface area (Å²) in [5, 5.41) is 4.65. The number of benzene rings is 2. The summed E-state index contributed by atoms with van der Waals surface area (Å²) in [6.45, 7) is 18.4. The molecule has 0 bridgehead atoms. The van der Waals surface area contributed by atoms with Crippen molar-refractivity contribution in [1.82, 2.24) is 0 Å². The summed E-state index contributed by atoms with van der Waals surface area (Å²) >= 11 is 1.69. The monoisotopic (exact) mass is 1640 g/mol. The maximum atomic E-state index is 12.7. The van der Waals surface area contributed by atoms with E-state index in [1.54, 1.807) is 19.1 Å². The molecule has 1 aliphatic heterocycles.